The molecular formula is C14H21N3O. The number of nitrogen functional groups attached to an aromatic ring is 1. The predicted octanol–water partition coefficient (Wildman–Crippen LogP) is 1.80. The molecule has 3 N–H and O–H groups in total. The van der Waals surface area contributed by atoms with Gasteiger partial charge in [0.15, 0.2) is 0 Å². The van der Waals surface area contributed by atoms with Crippen LogP contribution in [0.4, 0.5) is 11.4 Å². The summed E-state index contributed by atoms with van der Waals surface area (Å²) in [6.07, 6.45) is 8.87. The summed E-state index contributed by atoms with van der Waals surface area (Å²) < 4.78 is 0. The van der Waals surface area contributed by atoms with E-state index in [1.807, 2.05) is 6.07 Å². The van der Waals surface area contributed by atoms with Crippen molar-refractivity contribution in [2.45, 2.75) is 37.7 Å². The van der Waals surface area contributed by atoms with Gasteiger partial charge in [0.05, 0.1) is 23.2 Å². The van der Waals surface area contributed by atoms with E-state index in [4.69, 9.17) is 5.73 Å². The zero-order valence-corrected chi connectivity index (χ0v) is 10.7. The third kappa shape index (κ3) is 1.94. The van der Waals surface area contributed by atoms with Crippen LogP contribution in [0.3, 0.4) is 0 Å². The molecule has 0 spiro atoms. The molecule has 2 heterocycles. The van der Waals surface area contributed by atoms with Gasteiger partial charge in [0, 0.05) is 25.2 Å². The summed E-state index contributed by atoms with van der Waals surface area (Å²) in [6, 6.07) is 1.97. The number of anilines is 2. The van der Waals surface area contributed by atoms with Gasteiger partial charge in [-0.2, -0.15) is 0 Å². The van der Waals surface area contributed by atoms with Crippen molar-refractivity contribution in [1.82, 2.24) is 4.98 Å². The standard InChI is InChI=1S/C14H21N3O/c15-12-9-16-7-4-13(12)17-8-6-14(18)5-2-1-3-11(14)10-17/h4,7,9,11,18H,1-3,5-6,8,10,15H2. The van der Waals surface area contributed by atoms with Gasteiger partial charge < -0.3 is 15.7 Å². The summed E-state index contributed by atoms with van der Waals surface area (Å²) in [4.78, 5) is 6.34. The monoisotopic (exact) mass is 247 g/mol. The number of fused-ring (bicyclic) bond motifs is 1. The van der Waals surface area contributed by atoms with Crippen LogP contribution in [0.1, 0.15) is 32.1 Å². The summed E-state index contributed by atoms with van der Waals surface area (Å²) in [5.41, 5.74) is 7.37. The first-order chi connectivity index (χ1) is 8.69. The lowest BCUT2D eigenvalue weighted by Gasteiger charge is -2.48. The van der Waals surface area contributed by atoms with Gasteiger partial charge in [-0.05, 0) is 25.3 Å². The maximum Gasteiger partial charge on any atom is 0.0738 e. The van der Waals surface area contributed by atoms with Gasteiger partial charge in [-0.15, -0.1) is 0 Å². The first-order valence-corrected chi connectivity index (χ1v) is 6.86. The van der Waals surface area contributed by atoms with Gasteiger partial charge >= 0.3 is 0 Å². The topological polar surface area (TPSA) is 62.4 Å². The molecule has 1 saturated heterocycles. The minimum absolute atomic E-state index is 0.396. The van der Waals surface area contributed by atoms with Crippen LogP contribution in [0.2, 0.25) is 0 Å². The molecule has 98 valence electrons. The van der Waals surface area contributed by atoms with Crippen LogP contribution >= 0.6 is 0 Å². The lowest BCUT2D eigenvalue weighted by molar-refractivity contribution is -0.0612. The molecule has 2 aliphatic rings. The van der Waals surface area contributed by atoms with Crippen molar-refractivity contribution < 1.29 is 5.11 Å². The molecule has 4 heteroatoms. The number of aromatic nitrogens is 1. The molecule has 4 nitrogen and oxygen atoms in total. The van der Waals surface area contributed by atoms with Gasteiger partial charge in [-0.3, -0.25) is 4.98 Å². The Bertz CT molecular complexity index is 437. The highest BCUT2D eigenvalue weighted by Crippen LogP contribution is 2.41. The Labute approximate surface area is 108 Å². The van der Waals surface area contributed by atoms with E-state index in [0.717, 1.165) is 43.7 Å². The van der Waals surface area contributed by atoms with E-state index in [0.29, 0.717) is 5.92 Å². The first-order valence-electron chi connectivity index (χ1n) is 6.86. The number of pyridine rings is 1. The van der Waals surface area contributed by atoms with Gasteiger partial charge in [-0.1, -0.05) is 12.8 Å². The van der Waals surface area contributed by atoms with Crippen molar-refractivity contribution >= 4 is 11.4 Å². The van der Waals surface area contributed by atoms with E-state index in [1.54, 1.807) is 12.4 Å². The first kappa shape index (κ1) is 11.8. The SMILES string of the molecule is Nc1cnccc1N1CCC2(O)CCCCC2C1. The van der Waals surface area contributed by atoms with E-state index in [1.165, 1.54) is 12.8 Å². The highest BCUT2D eigenvalue weighted by atomic mass is 16.3. The van der Waals surface area contributed by atoms with Gasteiger partial charge in [0.1, 0.15) is 0 Å². The fourth-order valence-electron chi connectivity index (χ4n) is 3.48. The number of hydrogen-bond acceptors (Lipinski definition) is 4. The average molecular weight is 247 g/mol. The van der Waals surface area contributed by atoms with Gasteiger partial charge in [-0.25, -0.2) is 0 Å². The maximum absolute atomic E-state index is 10.7. The molecule has 1 aliphatic carbocycles. The van der Waals surface area contributed by atoms with E-state index >= 15 is 0 Å². The summed E-state index contributed by atoms with van der Waals surface area (Å²) >= 11 is 0. The van der Waals surface area contributed by atoms with E-state index in [-0.39, 0.29) is 0 Å². The van der Waals surface area contributed by atoms with Crippen LogP contribution in [0, 0.1) is 5.92 Å². The number of nitrogens with zero attached hydrogens (tertiary/aromatic N) is 2. The van der Waals surface area contributed by atoms with Gasteiger partial charge in [0.25, 0.3) is 0 Å². The molecule has 3 rings (SSSR count). The third-order valence-electron chi connectivity index (χ3n) is 4.60. The highest BCUT2D eigenvalue weighted by molar-refractivity contribution is 5.66. The quantitative estimate of drug-likeness (QED) is 0.794. The Kier molecular flexibility index (Phi) is 2.90. The second kappa shape index (κ2) is 4.43. The fraction of sp³-hybridized carbons (Fsp3) is 0.643. The Morgan fingerprint density at radius 3 is 3.11 bits per heavy atom. The van der Waals surface area contributed by atoms with Crippen LogP contribution in [-0.4, -0.2) is 28.8 Å². The molecule has 2 atom stereocenters. The highest BCUT2D eigenvalue weighted by Gasteiger charge is 2.42. The lowest BCUT2D eigenvalue weighted by atomic mass is 9.71. The van der Waals surface area contributed by atoms with Crippen molar-refractivity contribution in [1.29, 1.82) is 0 Å². The molecule has 2 fully saturated rings. The van der Waals surface area contributed by atoms with E-state index in [9.17, 15) is 5.11 Å². The van der Waals surface area contributed by atoms with Crippen molar-refractivity contribution in [3.63, 3.8) is 0 Å². The Morgan fingerprint density at radius 1 is 1.39 bits per heavy atom. The third-order valence-corrected chi connectivity index (χ3v) is 4.60. The fourth-order valence-corrected chi connectivity index (χ4v) is 3.48. The van der Waals surface area contributed by atoms with Gasteiger partial charge in [0.2, 0.25) is 0 Å². The second-order valence-electron chi connectivity index (χ2n) is 5.68. The number of aliphatic hydroxyl groups is 1. The maximum atomic E-state index is 10.7. The Morgan fingerprint density at radius 2 is 2.28 bits per heavy atom. The molecule has 18 heavy (non-hydrogen) atoms. The summed E-state index contributed by atoms with van der Waals surface area (Å²) in [5, 5.41) is 10.7. The molecule has 1 saturated carbocycles. The number of rotatable bonds is 1. The molecule has 1 aliphatic heterocycles. The van der Waals surface area contributed by atoms with E-state index < -0.39 is 5.60 Å². The lowest BCUT2D eigenvalue weighted by Crippen LogP contribution is -2.53. The second-order valence-corrected chi connectivity index (χ2v) is 5.68. The van der Waals surface area contributed by atoms with Crippen LogP contribution in [0.25, 0.3) is 0 Å². The molecule has 2 unspecified atom stereocenters. The van der Waals surface area contributed by atoms with Crippen LogP contribution in [-0.2, 0) is 0 Å². The number of hydrogen-bond donors (Lipinski definition) is 2. The van der Waals surface area contributed by atoms with Crippen molar-refractivity contribution in [3.8, 4) is 0 Å². The zero-order valence-electron chi connectivity index (χ0n) is 10.7. The van der Waals surface area contributed by atoms with E-state index in [2.05, 4.69) is 9.88 Å². The minimum Gasteiger partial charge on any atom is -0.396 e. The van der Waals surface area contributed by atoms with Crippen molar-refractivity contribution in [2.75, 3.05) is 23.7 Å². The smallest absolute Gasteiger partial charge is 0.0738 e. The average Bonchev–Trinajstić information content (AvgIpc) is 2.38. The van der Waals surface area contributed by atoms with Crippen LogP contribution in [0.15, 0.2) is 18.5 Å². The normalized spacial score (nSPS) is 32.1. The summed E-state index contributed by atoms with van der Waals surface area (Å²) in [5.74, 6) is 0.396. The Balaban J connectivity index is 1.80. The molecule has 1 aromatic heterocycles. The van der Waals surface area contributed by atoms with Crippen LogP contribution < -0.4 is 10.6 Å². The minimum atomic E-state index is -0.420. The molecule has 1 aromatic rings. The molecule has 0 radical (unpaired) electrons. The van der Waals surface area contributed by atoms with Crippen LogP contribution in [0.5, 0.6) is 0 Å². The van der Waals surface area contributed by atoms with Crippen molar-refractivity contribution in [2.24, 2.45) is 5.92 Å². The zero-order chi connectivity index (χ0) is 12.6. The molecular weight excluding hydrogens is 226 g/mol. The summed E-state index contributed by atoms with van der Waals surface area (Å²) in [6.45, 7) is 1.81. The largest absolute Gasteiger partial charge is 0.396 e. The van der Waals surface area contributed by atoms with Crippen molar-refractivity contribution in [3.05, 3.63) is 18.5 Å². The summed E-state index contributed by atoms with van der Waals surface area (Å²) in [7, 11) is 0. The number of piperidine rings is 1. The molecule has 0 aromatic carbocycles. The molecule has 0 bridgehead atoms. The number of nitrogens with two attached hydrogens (primary N) is 1. The molecule has 0 amide bonds. The predicted molar refractivity (Wildman–Crippen MR) is 72.4 cm³/mol. The Hall–Kier alpha value is -1.29.